The highest BCUT2D eigenvalue weighted by atomic mass is 14.5. The Bertz CT molecular complexity index is 360. The fraction of sp³-hybridized carbons (Fsp3) is 0.812. The maximum absolute atomic E-state index is 9.52. The van der Waals surface area contributed by atoms with Crippen molar-refractivity contribution in [2.24, 2.45) is 29.1 Å². The molecule has 0 aromatic heterocycles. The summed E-state index contributed by atoms with van der Waals surface area (Å²) in [5, 5.41) is 9.52. The lowest BCUT2D eigenvalue weighted by Crippen LogP contribution is -2.35. The van der Waals surface area contributed by atoms with E-state index in [0.29, 0.717) is 17.8 Å². The van der Waals surface area contributed by atoms with Crippen LogP contribution in [0.2, 0.25) is 0 Å². The van der Waals surface area contributed by atoms with Crippen molar-refractivity contribution < 1.29 is 0 Å². The van der Waals surface area contributed by atoms with E-state index in [1.54, 1.807) is 5.57 Å². The van der Waals surface area contributed by atoms with Gasteiger partial charge in [0.05, 0.1) is 12.0 Å². The molecule has 0 radical (unpaired) electrons. The van der Waals surface area contributed by atoms with Gasteiger partial charge in [-0.2, -0.15) is 5.26 Å². The summed E-state index contributed by atoms with van der Waals surface area (Å²) in [6.45, 7) is 9.19. The molecular weight excluding hydrogens is 206 g/mol. The summed E-state index contributed by atoms with van der Waals surface area (Å²) in [5.41, 5.74) is 1.80. The summed E-state index contributed by atoms with van der Waals surface area (Å²) in [5.74, 6) is 2.14. The van der Waals surface area contributed by atoms with Gasteiger partial charge in [0.1, 0.15) is 0 Å². The first-order valence-electron chi connectivity index (χ1n) is 7.12. The molecule has 0 N–H and O–H groups in total. The van der Waals surface area contributed by atoms with Crippen LogP contribution in [0.3, 0.4) is 0 Å². The van der Waals surface area contributed by atoms with Crippen molar-refractivity contribution in [1.29, 1.82) is 5.26 Å². The Labute approximate surface area is 106 Å². The SMILES string of the molecule is CC(C)C1=C[C@@]2(CC[C@H](C)[C@H]2C#N)[C@@H](C)CC1. The summed E-state index contributed by atoms with van der Waals surface area (Å²) in [6, 6.07) is 2.62. The van der Waals surface area contributed by atoms with E-state index >= 15 is 0 Å². The highest BCUT2D eigenvalue weighted by Gasteiger charge is 2.50. The molecule has 0 amide bonds. The predicted molar refractivity (Wildman–Crippen MR) is 71.3 cm³/mol. The van der Waals surface area contributed by atoms with Gasteiger partial charge in [-0.1, -0.05) is 39.3 Å². The third-order valence-corrected chi connectivity index (χ3v) is 5.30. The van der Waals surface area contributed by atoms with Crippen LogP contribution in [0.1, 0.15) is 53.4 Å². The molecule has 2 rings (SSSR count). The van der Waals surface area contributed by atoms with Crippen molar-refractivity contribution in [3.8, 4) is 6.07 Å². The van der Waals surface area contributed by atoms with Crippen molar-refractivity contribution in [3.63, 3.8) is 0 Å². The van der Waals surface area contributed by atoms with E-state index in [2.05, 4.69) is 39.8 Å². The van der Waals surface area contributed by atoms with Gasteiger partial charge in [0.25, 0.3) is 0 Å². The van der Waals surface area contributed by atoms with E-state index in [-0.39, 0.29) is 11.3 Å². The number of nitriles is 1. The standard InChI is InChI=1S/C16H25N/c1-11(2)14-6-5-13(4)16(9-14)8-7-12(3)15(16)10-17/h9,11-13,15H,5-8H2,1-4H3/t12-,13-,15+,16-/m0/s1. The average Bonchev–Trinajstić information content (AvgIpc) is 2.60. The molecule has 1 fully saturated rings. The van der Waals surface area contributed by atoms with E-state index in [1.807, 2.05) is 0 Å². The van der Waals surface area contributed by atoms with Crippen molar-refractivity contribution in [3.05, 3.63) is 11.6 Å². The number of hydrogen-bond donors (Lipinski definition) is 0. The first-order valence-corrected chi connectivity index (χ1v) is 7.12. The number of hydrogen-bond acceptors (Lipinski definition) is 1. The highest BCUT2D eigenvalue weighted by Crippen LogP contribution is 2.56. The molecule has 1 heteroatoms. The first kappa shape index (κ1) is 12.7. The first-order chi connectivity index (χ1) is 8.01. The Hall–Kier alpha value is -0.770. The number of allylic oxidation sites excluding steroid dienone is 2. The van der Waals surface area contributed by atoms with Crippen molar-refractivity contribution in [2.45, 2.75) is 53.4 Å². The molecule has 1 saturated carbocycles. The van der Waals surface area contributed by atoms with Crippen molar-refractivity contribution in [2.75, 3.05) is 0 Å². The highest BCUT2D eigenvalue weighted by molar-refractivity contribution is 5.23. The molecule has 1 spiro atoms. The van der Waals surface area contributed by atoms with Crippen LogP contribution in [0.5, 0.6) is 0 Å². The largest absolute Gasteiger partial charge is 0.198 e. The Morgan fingerprint density at radius 2 is 2.06 bits per heavy atom. The van der Waals surface area contributed by atoms with Gasteiger partial charge >= 0.3 is 0 Å². The summed E-state index contributed by atoms with van der Waals surface area (Å²) >= 11 is 0. The van der Waals surface area contributed by atoms with Gasteiger partial charge in [0, 0.05) is 5.41 Å². The van der Waals surface area contributed by atoms with Gasteiger partial charge in [0.2, 0.25) is 0 Å². The molecule has 0 aliphatic heterocycles. The summed E-state index contributed by atoms with van der Waals surface area (Å²) in [4.78, 5) is 0. The summed E-state index contributed by atoms with van der Waals surface area (Å²) in [6.07, 6.45) is 7.49. The lowest BCUT2D eigenvalue weighted by molar-refractivity contribution is 0.170. The number of nitrogens with zero attached hydrogens (tertiary/aromatic N) is 1. The second kappa shape index (κ2) is 4.48. The van der Waals surface area contributed by atoms with E-state index < -0.39 is 0 Å². The normalized spacial score (nSPS) is 41.6. The zero-order chi connectivity index (χ0) is 12.6. The molecule has 0 bridgehead atoms. The van der Waals surface area contributed by atoms with Crippen LogP contribution in [-0.2, 0) is 0 Å². The molecule has 2 aliphatic carbocycles. The van der Waals surface area contributed by atoms with E-state index in [0.717, 1.165) is 0 Å². The van der Waals surface area contributed by atoms with Gasteiger partial charge < -0.3 is 0 Å². The maximum atomic E-state index is 9.52. The second-order valence-corrected chi connectivity index (χ2v) is 6.55. The fourth-order valence-electron chi connectivity index (χ4n) is 3.96. The Kier molecular flexibility index (Phi) is 3.34. The van der Waals surface area contributed by atoms with Gasteiger partial charge in [-0.3, -0.25) is 0 Å². The topological polar surface area (TPSA) is 23.8 Å². The molecule has 0 heterocycles. The van der Waals surface area contributed by atoms with Gasteiger partial charge in [-0.25, -0.2) is 0 Å². The van der Waals surface area contributed by atoms with E-state index in [9.17, 15) is 5.26 Å². The molecule has 17 heavy (non-hydrogen) atoms. The van der Waals surface area contributed by atoms with Gasteiger partial charge in [-0.05, 0) is 43.4 Å². The van der Waals surface area contributed by atoms with Crippen LogP contribution < -0.4 is 0 Å². The Balaban J connectivity index is 2.40. The minimum Gasteiger partial charge on any atom is -0.198 e. The fourth-order valence-corrected chi connectivity index (χ4v) is 3.96. The van der Waals surface area contributed by atoms with Crippen LogP contribution in [-0.4, -0.2) is 0 Å². The average molecular weight is 231 g/mol. The van der Waals surface area contributed by atoms with Crippen LogP contribution in [0, 0.1) is 40.4 Å². The molecule has 0 saturated heterocycles. The lowest BCUT2D eigenvalue weighted by Gasteiger charge is -2.41. The third kappa shape index (κ3) is 1.92. The third-order valence-electron chi connectivity index (χ3n) is 5.30. The quantitative estimate of drug-likeness (QED) is 0.607. The monoisotopic (exact) mass is 231 g/mol. The van der Waals surface area contributed by atoms with Crippen LogP contribution in [0.25, 0.3) is 0 Å². The summed E-state index contributed by atoms with van der Waals surface area (Å²) < 4.78 is 0. The molecule has 0 aromatic carbocycles. The zero-order valence-electron chi connectivity index (χ0n) is 11.7. The minimum atomic E-state index is 0.200. The van der Waals surface area contributed by atoms with Crippen LogP contribution in [0.4, 0.5) is 0 Å². The molecule has 4 atom stereocenters. The Morgan fingerprint density at radius 1 is 1.35 bits per heavy atom. The molecular formula is C16H25N. The van der Waals surface area contributed by atoms with Crippen LogP contribution in [0.15, 0.2) is 11.6 Å². The van der Waals surface area contributed by atoms with E-state index in [1.165, 1.54) is 25.7 Å². The predicted octanol–water partition coefficient (Wildman–Crippen LogP) is 4.55. The molecule has 0 aromatic rings. The van der Waals surface area contributed by atoms with Crippen molar-refractivity contribution in [1.82, 2.24) is 0 Å². The molecule has 94 valence electrons. The second-order valence-electron chi connectivity index (χ2n) is 6.55. The zero-order valence-corrected chi connectivity index (χ0v) is 11.7. The lowest BCUT2D eigenvalue weighted by atomic mass is 9.62. The summed E-state index contributed by atoms with van der Waals surface area (Å²) in [7, 11) is 0. The van der Waals surface area contributed by atoms with Gasteiger partial charge in [-0.15, -0.1) is 0 Å². The van der Waals surface area contributed by atoms with Crippen molar-refractivity contribution >= 4 is 0 Å². The molecule has 1 nitrogen and oxygen atoms in total. The minimum absolute atomic E-state index is 0.200. The Morgan fingerprint density at radius 3 is 2.65 bits per heavy atom. The van der Waals surface area contributed by atoms with E-state index in [4.69, 9.17) is 0 Å². The van der Waals surface area contributed by atoms with Crippen LogP contribution >= 0.6 is 0 Å². The molecule has 2 aliphatic rings. The smallest absolute Gasteiger partial charge is 0.0667 e. The van der Waals surface area contributed by atoms with Gasteiger partial charge in [0.15, 0.2) is 0 Å². The maximum Gasteiger partial charge on any atom is 0.0667 e. The number of rotatable bonds is 1. The molecule has 0 unspecified atom stereocenters.